The number of nitrogens with zero attached hydrogens (tertiary/aromatic N) is 2. The van der Waals surface area contributed by atoms with Crippen LogP contribution in [0.3, 0.4) is 0 Å². The molecule has 2 aromatic rings. The Bertz CT molecular complexity index is 954. The number of nitrogens with two attached hydrogens (primary N) is 1. The first kappa shape index (κ1) is 17.0. The Hall–Kier alpha value is -2.45. The van der Waals surface area contributed by atoms with Gasteiger partial charge in [0.25, 0.3) is 0 Å². The molecule has 0 saturated carbocycles. The Morgan fingerprint density at radius 1 is 1.38 bits per heavy atom. The fourth-order valence-corrected chi connectivity index (χ4v) is 3.83. The number of aromatic nitrogens is 1. The van der Waals surface area contributed by atoms with E-state index < -0.39 is 17.2 Å². The minimum Gasteiger partial charge on any atom is -0.477 e. The van der Waals surface area contributed by atoms with Crippen molar-refractivity contribution < 1.29 is 19.0 Å². The third-order valence-corrected chi connectivity index (χ3v) is 5.26. The molecule has 2 aliphatic heterocycles. The maximum absolute atomic E-state index is 14.8. The van der Waals surface area contributed by atoms with Gasteiger partial charge in [-0.2, -0.15) is 0 Å². The fraction of sp³-hybridized carbons (Fsp3) is 0.444. The van der Waals surface area contributed by atoms with Crippen molar-refractivity contribution in [2.75, 3.05) is 24.7 Å². The van der Waals surface area contributed by atoms with Crippen LogP contribution < -0.4 is 16.1 Å². The summed E-state index contributed by atoms with van der Waals surface area (Å²) < 4.78 is 21.7. The maximum Gasteiger partial charge on any atom is 0.341 e. The van der Waals surface area contributed by atoms with E-state index in [1.807, 2.05) is 11.8 Å². The van der Waals surface area contributed by atoms with Crippen LogP contribution in [0.4, 0.5) is 10.1 Å². The monoisotopic (exact) mass is 361 g/mol. The largest absolute Gasteiger partial charge is 0.477 e. The highest BCUT2D eigenvalue weighted by Crippen LogP contribution is 2.32. The SMILES string of the molecule is C[C@H]1C[C@H](N)CN1c1cc2c(cc1F)c(=O)c(C(=O)O)cn2C1COC1. The lowest BCUT2D eigenvalue weighted by molar-refractivity contribution is -0.0217. The summed E-state index contributed by atoms with van der Waals surface area (Å²) in [6.45, 7) is 3.37. The van der Waals surface area contributed by atoms with E-state index in [1.54, 1.807) is 10.6 Å². The van der Waals surface area contributed by atoms with Gasteiger partial charge in [-0.15, -0.1) is 0 Å². The molecule has 0 bridgehead atoms. The number of fused-ring (bicyclic) bond motifs is 1. The van der Waals surface area contributed by atoms with Gasteiger partial charge in [-0.25, -0.2) is 9.18 Å². The van der Waals surface area contributed by atoms with Crippen molar-refractivity contribution in [2.45, 2.75) is 31.5 Å². The van der Waals surface area contributed by atoms with Crippen molar-refractivity contribution in [1.29, 1.82) is 0 Å². The van der Waals surface area contributed by atoms with Crippen molar-refractivity contribution in [1.82, 2.24) is 4.57 Å². The second-order valence-electron chi connectivity index (χ2n) is 7.09. The number of benzene rings is 1. The van der Waals surface area contributed by atoms with E-state index >= 15 is 0 Å². The highest BCUT2D eigenvalue weighted by molar-refractivity contribution is 5.93. The van der Waals surface area contributed by atoms with Gasteiger partial charge in [0, 0.05) is 30.2 Å². The number of hydrogen-bond donors (Lipinski definition) is 2. The first-order chi connectivity index (χ1) is 12.4. The molecule has 4 rings (SSSR count). The van der Waals surface area contributed by atoms with Crippen LogP contribution in [-0.4, -0.2) is 47.5 Å². The molecule has 0 unspecified atom stereocenters. The molecule has 1 aromatic carbocycles. The van der Waals surface area contributed by atoms with E-state index in [1.165, 1.54) is 6.20 Å². The quantitative estimate of drug-likeness (QED) is 0.856. The predicted octanol–water partition coefficient (Wildman–Crippen LogP) is 1.34. The van der Waals surface area contributed by atoms with Gasteiger partial charge in [0.15, 0.2) is 0 Å². The van der Waals surface area contributed by atoms with E-state index in [-0.39, 0.29) is 29.1 Å². The van der Waals surface area contributed by atoms with Crippen LogP contribution in [0, 0.1) is 5.82 Å². The Kier molecular flexibility index (Phi) is 3.96. The van der Waals surface area contributed by atoms with Gasteiger partial charge in [0.05, 0.1) is 30.5 Å². The zero-order valence-corrected chi connectivity index (χ0v) is 14.3. The second-order valence-corrected chi connectivity index (χ2v) is 7.09. The average Bonchev–Trinajstić information content (AvgIpc) is 2.86. The zero-order chi connectivity index (χ0) is 18.6. The van der Waals surface area contributed by atoms with Crippen LogP contribution in [0.25, 0.3) is 10.9 Å². The number of anilines is 1. The summed E-state index contributed by atoms with van der Waals surface area (Å²) in [6.07, 6.45) is 2.10. The molecule has 2 saturated heterocycles. The average molecular weight is 361 g/mol. The summed E-state index contributed by atoms with van der Waals surface area (Å²) in [5.41, 5.74) is 5.85. The molecule has 2 fully saturated rings. The van der Waals surface area contributed by atoms with Gasteiger partial charge in [0.1, 0.15) is 11.4 Å². The van der Waals surface area contributed by atoms with Crippen molar-refractivity contribution in [3.05, 3.63) is 39.9 Å². The molecule has 0 radical (unpaired) electrons. The highest BCUT2D eigenvalue weighted by atomic mass is 19.1. The molecule has 7 nitrogen and oxygen atoms in total. The summed E-state index contributed by atoms with van der Waals surface area (Å²) >= 11 is 0. The lowest BCUT2D eigenvalue weighted by Crippen LogP contribution is -2.33. The van der Waals surface area contributed by atoms with Gasteiger partial charge in [-0.3, -0.25) is 4.79 Å². The van der Waals surface area contributed by atoms with Crippen molar-refractivity contribution in [3.8, 4) is 0 Å². The van der Waals surface area contributed by atoms with E-state index in [0.717, 1.165) is 12.5 Å². The number of carboxylic acid groups (broad SMARTS) is 1. The van der Waals surface area contributed by atoms with Crippen LogP contribution >= 0.6 is 0 Å². The first-order valence-corrected chi connectivity index (χ1v) is 8.58. The van der Waals surface area contributed by atoms with E-state index in [9.17, 15) is 19.1 Å². The Morgan fingerprint density at radius 3 is 2.65 bits per heavy atom. The maximum atomic E-state index is 14.8. The number of halogens is 1. The number of pyridine rings is 1. The topological polar surface area (TPSA) is 97.8 Å². The molecule has 138 valence electrons. The van der Waals surface area contributed by atoms with E-state index in [4.69, 9.17) is 10.5 Å². The molecular weight excluding hydrogens is 341 g/mol. The fourth-order valence-electron chi connectivity index (χ4n) is 3.83. The molecule has 26 heavy (non-hydrogen) atoms. The predicted molar refractivity (Wildman–Crippen MR) is 94.4 cm³/mol. The third kappa shape index (κ3) is 2.57. The molecule has 8 heteroatoms. The molecule has 2 atom stereocenters. The minimum atomic E-state index is -1.32. The van der Waals surface area contributed by atoms with Gasteiger partial charge < -0.3 is 25.0 Å². The Morgan fingerprint density at radius 2 is 2.12 bits per heavy atom. The van der Waals surface area contributed by atoms with Gasteiger partial charge in [-0.1, -0.05) is 0 Å². The van der Waals surface area contributed by atoms with Crippen LogP contribution in [0.1, 0.15) is 29.7 Å². The summed E-state index contributed by atoms with van der Waals surface area (Å²) in [7, 11) is 0. The number of carboxylic acids is 1. The summed E-state index contributed by atoms with van der Waals surface area (Å²) in [6, 6.07) is 2.75. The number of aromatic carboxylic acids is 1. The van der Waals surface area contributed by atoms with Crippen LogP contribution in [0.5, 0.6) is 0 Å². The van der Waals surface area contributed by atoms with Gasteiger partial charge in [-0.05, 0) is 25.5 Å². The van der Waals surface area contributed by atoms with Gasteiger partial charge in [0.2, 0.25) is 5.43 Å². The third-order valence-electron chi connectivity index (χ3n) is 5.26. The van der Waals surface area contributed by atoms with Crippen molar-refractivity contribution in [2.24, 2.45) is 5.73 Å². The smallest absolute Gasteiger partial charge is 0.341 e. The number of ether oxygens (including phenoxy) is 1. The molecule has 0 amide bonds. The Balaban J connectivity index is 1.95. The van der Waals surface area contributed by atoms with Crippen LogP contribution in [-0.2, 0) is 4.74 Å². The standard InChI is InChI=1S/C18H20FN3O4/c1-9-2-10(20)5-21(9)16-4-15-12(3-14(16)19)17(23)13(18(24)25)6-22(15)11-7-26-8-11/h3-4,6,9-11H,2,5,7-8,20H2,1H3,(H,24,25)/t9-,10-/m0/s1. The number of carbonyl (C=O) groups is 1. The number of rotatable bonds is 3. The first-order valence-electron chi connectivity index (χ1n) is 8.58. The number of hydrogen-bond acceptors (Lipinski definition) is 5. The van der Waals surface area contributed by atoms with Crippen molar-refractivity contribution >= 4 is 22.6 Å². The molecule has 1 aromatic heterocycles. The normalized spacial score (nSPS) is 23.4. The molecule has 0 aliphatic carbocycles. The molecule has 2 aliphatic rings. The minimum absolute atomic E-state index is 0.0308. The highest BCUT2D eigenvalue weighted by Gasteiger charge is 2.30. The molecule has 0 spiro atoms. The van der Waals surface area contributed by atoms with Crippen LogP contribution in [0.2, 0.25) is 0 Å². The summed E-state index contributed by atoms with van der Waals surface area (Å²) in [5, 5.41) is 9.39. The lowest BCUT2D eigenvalue weighted by atomic mass is 10.1. The molecule has 3 heterocycles. The zero-order valence-electron chi connectivity index (χ0n) is 14.3. The van der Waals surface area contributed by atoms with Crippen molar-refractivity contribution in [3.63, 3.8) is 0 Å². The second kappa shape index (κ2) is 6.07. The molecular formula is C18H20FN3O4. The van der Waals surface area contributed by atoms with E-state index in [2.05, 4.69) is 0 Å². The summed E-state index contributed by atoms with van der Waals surface area (Å²) in [4.78, 5) is 25.9. The molecule has 3 N–H and O–H groups in total. The lowest BCUT2D eigenvalue weighted by Gasteiger charge is -2.31. The van der Waals surface area contributed by atoms with E-state index in [0.29, 0.717) is 31.0 Å². The Labute approximate surface area is 148 Å². The summed E-state index contributed by atoms with van der Waals surface area (Å²) in [5.74, 6) is -1.87. The van der Waals surface area contributed by atoms with Crippen LogP contribution in [0.15, 0.2) is 23.1 Å². The van der Waals surface area contributed by atoms with Gasteiger partial charge >= 0.3 is 5.97 Å².